The predicted molar refractivity (Wildman–Crippen MR) is 106 cm³/mol. The molecule has 1 atom stereocenters. The molecule has 1 rings (SSSR count). The summed E-state index contributed by atoms with van der Waals surface area (Å²) < 4.78 is 4.90. The van der Waals surface area contributed by atoms with Gasteiger partial charge in [-0.3, -0.25) is 0 Å². The number of nitrogens with two attached hydrogens (primary N) is 1. The molecule has 0 aliphatic heterocycles. The third kappa shape index (κ3) is 15.8. The monoisotopic (exact) mass is 372 g/mol. The van der Waals surface area contributed by atoms with Gasteiger partial charge in [0.1, 0.15) is 0 Å². The molecule has 1 aromatic carbocycles. The zero-order chi connectivity index (χ0) is 19.7. The van der Waals surface area contributed by atoms with E-state index >= 15 is 0 Å². The molecule has 0 saturated heterocycles. The molecule has 0 fully saturated rings. The number of halogens is 1. The average molecular weight is 373 g/mol. The molecule has 25 heavy (non-hydrogen) atoms. The lowest BCUT2D eigenvalue weighted by Gasteiger charge is -2.16. The van der Waals surface area contributed by atoms with Crippen LogP contribution in [-0.2, 0) is 9.53 Å². The minimum Gasteiger partial charge on any atom is -0.478 e. The van der Waals surface area contributed by atoms with E-state index in [9.17, 15) is 4.79 Å². The molecule has 0 amide bonds. The van der Waals surface area contributed by atoms with E-state index in [4.69, 9.17) is 27.2 Å². The van der Waals surface area contributed by atoms with Gasteiger partial charge in [0.25, 0.3) is 0 Å². The van der Waals surface area contributed by atoms with Gasteiger partial charge in [0.2, 0.25) is 0 Å². The Labute approximate surface area is 157 Å². The summed E-state index contributed by atoms with van der Waals surface area (Å²) in [5, 5.41) is 7.89. The van der Waals surface area contributed by atoms with Gasteiger partial charge in [-0.1, -0.05) is 62.4 Å². The van der Waals surface area contributed by atoms with Crippen molar-refractivity contribution in [3.8, 4) is 0 Å². The first kappa shape index (κ1) is 25.8. The zero-order valence-corrected chi connectivity index (χ0v) is 16.6. The summed E-state index contributed by atoms with van der Waals surface area (Å²) >= 11 is 5.77. The number of nitrogens with zero attached hydrogens (tertiary/aromatic N) is 1. The minimum absolute atomic E-state index is 0.176. The second-order valence-corrected chi connectivity index (χ2v) is 5.61. The number of methoxy groups -OCH3 is 1. The van der Waals surface area contributed by atoms with Crippen LogP contribution in [0.4, 0.5) is 0 Å². The zero-order valence-electron chi connectivity index (χ0n) is 15.9. The lowest BCUT2D eigenvalue weighted by Crippen LogP contribution is -2.25. The summed E-state index contributed by atoms with van der Waals surface area (Å²) in [5.74, 6) is -0.935. The van der Waals surface area contributed by atoms with E-state index in [-0.39, 0.29) is 11.1 Å². The Balaban J connectivity index is 0. The number of benzene rings is 1. The molecule has 144 valence electrons. The number of hydrogen-bond donors (Lipinski definition) is 2. The third-order valence-electron chi connectivity index (χ3n) is 3.21. The minimum atomic E-state index is -0.935. The van der Waals surface area contributed by atoms with Crippen LogP contribution in [0.5, 0.6) is 0 Å². The van der Waals surface area contributed by atoms with Crippen molar-refractivity contribution >= 4 is 17.6 Å². The first-order chi connectivity index (χ1) is 11.8. The van der Waals surface area contributed by atoms with Crippen LogP contribution in [-0.4, -0.2) is 49.3 Å². The molecule has 0 spiro atoms. The Morgan fingerprint density at radius 3 is 2.12 bits per heavy atom. The number of aliphatic carboxylic acids is 1. The van der Waals surface area contributed by atoms with E-state index in [1.54, 1.807) is 7.11 Å². The normalized spacial score (nSPS) is 10.8. The predicted octanol–water partition coefficient (Wildman–Crippen LogP) is 3.89. The van der Waals surface area contributed by atoms with Crippen LogP contribution in [0, 0.1) is 0 Å². The molecule has 0 bridgehead atoms. The van der Waals surface area contributed by atoms with E-state index in [0.29, 0.717) is 0 Å². The van der Waals surface area contributed by atoms with Gasteiger partial charge in [0.05, 0.1) is 0 Å². The maximum Gasteiger partial charge on any atom is 0.330 e. The lowest BCUT2D eigenvalue weighted by atomic mass is 10.2. The second kappa shape index (κ2) is 17.4. The fourth-order valence-corrected chi connectivity index (χ4v) is 1.74. The Hall–Kier alpha value is -1.40. The van der Waals surface area contributed by atoms with Crippen LogP contribution in [0.2, 0.25) is 0 Å². The number of carboxylic acids is 1. The SMILES string of the molecule is C=C(C)C(=O)O.CCN(CC)CCCN.COC(Cl)c1ccccc1. The van der Waals surface area contributed by atoms with Crippen molar-refractivity contribution in [1.82, 2.24) is 4.90 Å². The van der Waals surface area contributed by atoms with Crippen LogP contribution in [0.15, 0.2) is 42.5 Å². The molecule has 0 saturated carbocycles. The average Bonchev–Trinajstić information content (AvgIpc) is 2.63. The van der Waals surface area contributed by atoms with Crippen LogP contribution in [0.1, 0.15) is 38.3 Å². The number of carbonyl (C=O) groups is 1. The number of carboxylic acid groups (broad SMARTS) is 1. The van der Waals surface area contributed by atoms with Gasteiger partial charge < -0.3 is 20.5 Å². The van der Waals surface area contributed by atoms with E-state index in [2.05, 4.69) is 25.3 Å². The summed E-state index contributed by atoms with van der Waals surface area (Å²) in [4.78, 5) is 12.0. The molecule has 1 aromatic rings. The molecule has 3 N–H and O–H groups in total. The van der Waals surface area contributed by atoms with Crippen molar-refractivity contribution in [2.45, 2.75) is 32.8 Å². The third-order valence-corrected chi connectivity index (χ3v) is 3.64. The Morgan fingerprint density at radius 2 is 1.80 bits per heavy atom. The van der Waals surface area contributed by atoms with Crippen molar-refractivity contribution in [3.63, 3.8) is 0 Å². The van der Waals surface area contributed by atoms with Crippen LogP contribution in [0.3, 0.4) is 0 Å². The highest BCUT2D eigenvalue weighted by Crippen LogP contribution is 2.19. The lowest BCUT2D eigenvalue weighted by molar-refractivity contribution is -0.132. The van der Waals surface area contributed by atoms with Crippen molar-refractivity contribution in [2.24, 2.45) is 5.73 Å². The highest BCUT2D eigenvalue weighted by molar-refractivity contribution is 6.19. The molecular weight excluding hydrogens is 340 g/mol. The smallest absolute Gasteiger partial charge is 0.330 e. The van der Waals surface area contributed by atoms with Gasteiger partial charge >= 0.3 is 5.97 Å². The fraction of sp³-hybridized carbons (Fsp3) is 0.526. The molecule has 0 aromatic heterocycles. The van der Waals surface area contributed by atoms with Gasteiger partial charge in [0, 0.05) is 12.7 Å². The van der Waals surface area contributed by atoms with Gasteiger partial charge in [-0.25, -0.2) is 4.79 Å². The Kier molecular flexibility index (Phi) is 18.0. The van der Waals surface area contributed by atoms with E-state index in [1.807, 2.05) is 30.3 Å². The topological polar surface area (TPSA) is 75.8 Å². The fourth-order valence-electron chi connectivity index (χ4n) is 1.60. The Morgan fingerprint density at radius 1 is 1.32 bits per heavy atom. The molecule has 0 aliphatic rings. The van der Waals surface area contributed by atoms with Gasteiger partial charge in [-0.05, 0) is 45.1 Å². The Bertz CT molecular complexity index is 439. The van der Waals surface area contributed by atoms with Gasteiger partial charge in [-0.2, -0.15) is 0 Å². The first-order valence-corrected chi connectivity index (χ1v) is 8.80. The number of rotatable bonds is 8. The summed E-state index contributed by atoms with van der Waals surface area (Å²) in [6, 6.07) is 9.68. The van der Waals surface area contributed by atoms with Crippen LogP contribution >= 0.6 is 11.6 Å². The van der Waals surface area contributed by atoms with Crippen LogP contribution < -0.4 is 5.73 Å². The molecule has 5 nitrogen and oxygen atoms in total. The van der Waals surface area contributed by atoms with Gasteiger partial charge in [0.15, 0.2) is 5.56 Å². The molecule has 1 unspecified atom stereocenters. The number of hydrogen-bond acceptors (Lipinski definition) is 4. The quantitative estimate of drug-likeness (QED) is 0.534. The molecule has 6 heteroatoms. The van der Waals surface area contributed by atoms with Crippen LogP contribution in [0.25, 0.3) is 0 Å². The summed E-state index contributed by atoms with van der Waals surface area (Å²) in [7, 11) is 1.59. The van der Waals surface area contributed by atoms with Gasteiger partial charge in [-0.15, -0.1) is 0 Å². The summed E-state index contributed by atoms with van der Waals surface area (Å²) in [5.41, 5.74) is 6.21. The summed E-state index contributed by atoms with van der Waals surface area (Å²) in [6.07, 6.45) is 1.13. The maximum atomic E-state index is 9.60. The van der Waals surface area contributed by atoms with E-state index < -0.39 is 5.97 Å². The van der Waals surface area contributed by atoms with E-state index in [1.165, 1.54) is 6.92 Å². The van der Waals surface area contributed by atoms with E-state index in [0.717, 1.165) is 38.2 Å². The largest absolute Gasteiger partial charge is 0.478 e. The maximum absolute atomic E-state index is 9.60. The standard InChI is InChI=1S/C8H9ClO.C7H18N2.C4H6O2/c1-10-8(9)7-5-3-2-4-6-7;1-3-9(4-2)7-5-6-8;1-3(2)4(5)6/h2-6,8H,1H3;3-8H2,1-2H3;1H2,2H3,(H,5,6). The van der Waals surface area contributed by atoms with Crippen molar-refractivity contribution < 1.29 is 14.6 Å². The number of ether oxygens (including phenoxy) is 1. The highest BCUT2D eigenvalue weighted by atomic mass is 35.5. The summed E-state index contributed by atoms with van der Waals surface area (Å²) in [6.45, 7) is 13.2. The highest BCUT2D eigenvalue weighted by Gasteiger charge is 2.02. The van der Waals surface area contributed by atoms with Crippen molar-refractivity contribution in [1.29, 1.82) is 0 Å². The molecule has 0 heterocycles. The van der Waals surface area contributed by atoms with Crippen molar-refractivity contribution in [2.75, 3.05) is 33.3 Å². The van der Waals surface area contributed by atoms with Crippen molar-refractivity contribution in [3.05, 3.63) is 48.0 Å². The first-order valence-electron chi connectivity index (χ1n) is 8.36. The molecule has 0 radical (unpaired) electrons. The second-order valence-electron chi connectivity index (χ2n) is 5.22. The number of alkyl halides is 1. The molecular formula is C19H33ClN2O3. The molecule has 0 aliphatic carbocycles.